The summed E-state index contributed by atoms with van der Waals surface area (Å²) in [6.45, 7) is 0.597. The summed E-state index contributed by atoms with van der Waals surface area (Å²) in [6, 6.07) is 12.6. The molecule has 4 N–H and O–H groups in total. The first-order chi connectivity index (χ1) is 13.0. The second-order valence-corrected chi connectivity index (χ2v) is 6.27. The van der Waals surface area contributed by atoms with Crippen LogP contribution in [0.15, 0.2) is 48.5 Å². The Labute approximate surface area is 155 Å². The molecule has 1 saturated heterocycles. The number of nitrogens with zero attached hydrogens (tertiary/aromatic N) is 1. The van der Waals surface area contributed by atoms with Gasteiger partial charge in [0.05, 0.1) is 22.9 Å². The molecule has 0 aromatic heterocycles. The van der Waals surface area contributed by atoms with Gasteiger partial charge in [0.15, 0.2) is 0 Å². The highest BCUT2D eigenvalue weighted by Crippen LogP contribution is 2.21. The fraction of sp³-hybridized carbons (Fsp3) is 0.211. The van der Waals surface area contributed by atoms with E-state index in [0.717, 1.165) is 5.56 Å². The molecule has 140 valence electrons. The second kappa shape index (κ2) is 7.88. The normalized spacial score (nSPS) is 16.3. The second-order valence-electron chi connectivity index (χ2n) is 6.27. The van der Waals surface area contributed by atoms with Gasteiger partial charge in [-0.3, -0.25) is 20.3 Å². The Kier molecular flexibility index (Phi) is 5.37. The molecule has 1 fully saturated rings. The summed E-state index contributed by atoms with van der Waals surface area (Å²) >= 11 is 0. The standard InChI is InChI=1S/C19H19N3O5/c23-17-9-13(11-22(17)10-12-5-1-4-8-16(12)21-27)20-18(24)14-6-2-3-7-15(14)19(25)26/h1-8,13,21,27H,9-11H2,(H,20,24)(H,25,26). The SMILES string of the molecule is O=C(O)c1ccccc1C(=O)NC1CC(=O)N(Cc2ccccc2NO)C1. The van der Waals surface area contributed by atoms with Crippen LogP contribution < -0.4 is 10.8 Å². The number of benzene rings is 2. The quantitative estimate of drug-likeness (QED) is 0.576. The summed E-state index contributed by atoms with van der Waals surface area (Å²) in [6.07, 6.45) is 0.135. The topological polar surface area (TPSA) is 119 Å². The third kappa shape index (κ3) is 4.06. The summed E-state index contributed by atoms with van der Waals surface area (Å²) in [5.41, 5.74) is 3.33. The highest BCUT2D eigenvalue weighted by Gasteiger charge is 2.31. The van der Waals surface area contributed by atoms with E-state index >= 15 is 0 Å². The zero-order chi connectivity index (χ0) is 19.4. The molecular weight excluding hydrogens is 350 g/mol. The molecule has 0 radical (unpaired) electrons. The van der Waals surface area contributed by atoms with Crippen molar-refractivity contribution in [1.82, 2.24) is 10.2 Å². The van der Waals surface area contributed by atoms with Gasteiger partial charge in [-0.05, 0) is 23.8 Å². The van der Waals surface area contributed by atoms with Crippen molar-refractivity contribution in [2.45, 2.75) is 19.0 Å². The van der Waals surface area contributed by atoms with Gasteiger partial charge >= 0.3 is 5.97 Å². The first-order valence-corrected chi connectivity index (χ1v) is 8.38. The van der Waals surface area contributed by atoms with Gasteiger partial charge in [0, 0.05) is 19.5 Å². The number of likely N-dealkylation sites (tertiary alicyclic amines) is 1. The number of aromatic carboxylic acids is 1. The molecule has 0 saturated carbocycles. The monoisotopic (exact) mass is 369 g/mol. The van der Waals surface area contributed by atoms with Gasteiger partial charge < -0.3 is 15.3 Å². The van der Waals surface area contributed by atoms with E-state index in [2.05, 4.69) is 10.8 Å². The smallest absolute Gasteiger partial charge is 0.336 e. The minimum Gasteiger partial charge on any atom is -0.478 e. The van der Waals surface area contributed by atoms with E-state index < -0.39 is 17.9 Å². The van der Waals surface area contributed by atoms with Crippen LogP contribution in [0.3, 0.4) is 0 Å². The van der Waals surface area contributed by atoms with Gasteiger partial charge in [-0.2, -0.15) is 0 Å². The van der Waals surface area contributed by atoms with Crippen LogP contribution in [0.4, 0.5) is 5.69 Å². The highest BCUT2D eigenvalue weighted by molar-refractivity contribution is 6.05. The number of para-hydroxylation sites is 1. The van der Waals surface area contributed by atoms with Gasteiger partial charge in [-0.1, -0.05) is 30.3 Å². The zero-order valence-electron chi connectivity index (χ0n) is 14.4. The minimum atomic E-state index is -1.18. The number of carboxylic acid groups (broad SMARTS) is 1. The Morgan fingerprint density at radius 2 is 1.74 bits per heavy atom. The molecule has 1 aliphatic rings. The molecule has 1 atom stereocenters. The maximum Gasteiger partial charge on any atom is 0.336 e. The van der Waals surface area contributed by atoms with Crippen LogP contribution in [-0.4, -0.2) is 45.6 Å². The summed E-state index contributed by atoms with van der Waals surface area (Å²) in [5, 5.41) is 21.1. The average Bonchev–Trinajstić information content (AvgIpc) is 3.01. The molecule has 27 heavy (non-hydrogen) atoms. The first kappa shape index (κ1) is 18.4. The molecule has 2 aromatic carbocycles. The number of carboxylic acids is 1. The number of amides is 2. The van der Waals surface area contributed by atoms with Gasteiger partial charge in [0.25, 0.3) is 5.91 Å². The largest absolute Gasteiger partial charge is 0.478 e. The van der Waals surface area contributed by atoms with Crippen LogP contribution in [0.1, 0.15) is 32.7 Å². The number of carbonyl (C=O) groups is 3. The number of nitrogens with one attached hydrogen (secondary N) is 2. The highest BCUT2D eigenvalue weighted by atomic mass is 16.5. The van der Waals surface area contributed by atoms with Crippen molar-refractivity contribution in [3.63, 3.8) is 0 Å². The van der Waals surface area contributed by atoms with Gasteiger partial charge in [0.2, 0.25) is 5.91 Å². The summed E-state index contributed by atoms with van der Waals surface area (Å²) in [7, 11) is 0. The molecular formula is C19H19N3O5. The van der Waals surface area contributed by atoms with Crippen LogP contribution >= 0.6 is 0 Å². The Morgan fingerprint density at radius 1 is 1.07 bits per heavy atom. The first-order valence-electron chi connectivity index (χ1n) is 8.38. The summed E-state index contributed by atoms with van der Waals surface area (Å²) in [5.74, 6) is -1.83. The molecule has 1 heterocycles. The molecule has 3 rings (SSSR count). The van der Waals surface area contributed by atoms with Crippen molar-refractivity contribution in [2.24, 2.45) is 0 Å². The Hall–Kier alpha value is -3.39. The van der Waals surface area contributed by atoms with Gasteiger partial charge in [-0.15, -0.1) is 0 Å². The Bertz CT molecular complexity index is 883. The van der Waals surface area contributed by atoms with E-state index in [1.54, 1.807) is 41.3 Å². The summed E-state index contributed by atoms with van der Waals surface area (Å²) in [4.78, 5) is 37.6. The minimum absolute atomic E-state index is 0.0609. The zero-order valence-corrected chi connectivity index (χ0v) is 14.4. The molecule has 0 aliphatic carbocycles. The fourth-order valence-electron chi connectivity index (χ4n) is 3.13. The van der Waals surface area contributed by atoms with E-state index in [0.29, 0.717) is 18.8 Å². The van der Waals surface area contributed by atoms with Crippen molar-refractivity contribution >= 4 is 23.5 Å². The lowest BCUT2D eigenvalue weighted by Crippen LogP contribution is -2.37. The maximum absolute atomic E-state index is 12.5. The van der Waals surface area contributed by atoms with Crippen LogP contribution in [-0.2, 0) is 11.3 Å². The number of carbonyl (C=O) groups excluding carboxylic acids is 2. The molecule has 8 nitrogen and oxygen atoms in total. The Balaban J connectivity index is 1.67. The third-order valence-electron chi connectivity index (χ3n) is 4.45. The summed E-state index contributed by atoms with van der Waals surface area (Å²) < 4.78 is 0. The third-order valence-corrected chi connectivity index (χ3v) is 4.45. The predicted molar refractivity (Wildman–Crippen MR) is 96.5 cm³/mol. The molecule has 2 aromatic rings. The number of hydrogen-bond donors (Lipinski definition) is 4. The van der Waals surface area contributed by atoms with Crippen molar-refractivity contribution in [3.8, 4) is 0 Å². The Morgan fingerprint density at radius 3 is 2.44 bits per heavy atom. The van der Waals surface area contributed by atoms with E-state index in [4.69, 9.17) is 5.21 Å². The molecule has 8 heteroatoms. The van der Waals surface area contributed by atoms with Crippen LogP contribution in [0.2, 0.25) is 0 Å². The molecule has 1 aliphatic heterocycles. The van der Waals surface area contributed by atoms with Gasteiger partial charge in [0.1, 0.15) is 0 Å². The average molecular weight is 369 g/mol. The predicted octanol–water partition coefficient (Wildman–Crippen LogP) is 1.72. The lowest BCUT2D eigenvalue weighted by molar-refractivity contribution is -0.128. The lowest BCUT2D eigenvalue weighted by Gasteiger charge is -2.19. The number of rotatable bonds is 6. The van der Waals surface area contributed by atoms with Crippen LogP contribution in [0, 0.1) is 0 Å². The van der Waals surface area contributed by atoms with E-state index in [-0.39, 0.29) is 23.5 Å². The van der Waals surface area contributed by atoms with E-state index in [1.807, 2.05) is 0 Å². The van der Waals surface area contributed by atoms with Crippen molar-refractivity contribution < 1.29 is 24.7 Å². The van der Waals surface area contributed by atoms with Crippen molar-refractivity contribution in [1.29, 1.82) is 0 Å². The molecule has 0 bridgehead atoms. The number of hydrogen-bond acceptors (Lipinski definition) is 5. The van der Waals surface area contributed by atoms with Gasteiger partial charge in [-0.25, -0.2) is 4.79 Å². The van der Waals surface area contributed by atoms with Crippen LogP contribution in [0.5, 0.6) is 0 Å². The molecule has 2 amide bonds. The van der Waals surface area contributed by atoms with Crippen molar-refractivity contribution in [2.75, 3.05) is 12.0 Å². The fourth-order valence-corrected chi connectivity index (χ4v) is 3.13. The maximum atomic E-state index is 12.5. The van der Waals surface area contributed by atoms with Crippen molar-refractivity contribution in [3.05, 3.63) is 65.2 Å². The van der Waals surface area contributed by atoms with Crippen LogP contribution in [0.25, 0.3) is 0 Å². The molecule has 1 unspecified atom stereocenters. The lowest BCUT2D eigenvalue weighted by atomic mass is 10.1. The number of anilines is 1. The molecule has 0 spiro atoms. The van der Waals surface area contributed by atoms with E-state index in [9.17, 15) is 19.5 Å². The van der Waals surface area contributed by atoms with E-state index in [1.165, 1.54) is 12.1 Å².